The number of morpholine rings is 1. The first-order chi connectivity index (χ1) is 22.4. The Kier molecular flexibility index (Phi) is 14.5. The summed E-state index contributed by atoms with van der Waals surface area (Å²) in [5.74, 6) is 0.0475. The van der Waals surface area contributed by atoms with Crippen LogP contribution in [0.15, 0.2) is 72.4 Å². The highest BCUT2D eigenvalue weighted by molar-refractivity contribution is 7.09. The van der Waals surface area contributed by atoms with Crippen molar-refractivity contribution in [3.63, 3.8) is 0 Å². The number of benzene rings is 2. The van der Waals surface area contributed by atoms with Gasteiger partial charge in [-0.05, 0) is 49.1 Å². The summed E-state index contributed by atoms with van der Waals surface area (Å²) in [5, 5.41) is 6.06. The lowest BCUT2D eigenvalue weighted by atomic mass is 9.86. The third-order valence-corrected chi connectivity index (χ3v) is 8.94. The molecule has 3 aromatic rings. The second kappa shape index (κ2) is 19.0. The van der Waals surface area contributed by atoms with E-state index in [1.807, 2.05) is 36.4 Å². The molecule has 1 aliphatic rings. The molecule has 11 heteroatoms. The molecule has 0 unspecified atom stereocenters. The fraction of sp³-hybridized carbons (Fsp3) is 0.486. The highest BCUT2D eigenvalue weighted by Crippen LogP contribution is 2.22. The molecule has 0 radical (unpaired) electrons. The van der Waals surface area contributed by atoms with Crippen molar-refractivity contribution in [3.8, 4) is 0 Å². The third kappa shape index (κ3) is 12.5. The largest absolute Gasteiger partial charge is 0.444 e. The number of rotatable bonds is 17. The highest BCUT2D eigenvalue weighted by Gasteiger charge is 2.27. The van der Waals surface area contributed by atoms with Gasteiger partial charge in [0.05, 0.1) is 29.6 Å². The SMILES string of the molecule is CN(C)C(=O)N[C@@H](CCN1CCOCC1)C(=O)C[C@H](CC[C@H](Cc1ccccc1)NC(=O)OCc1cncs1)Cc1ccccc1. The number of nitrogens with one attached hydrogen (secondary N) is 2. The maximum Gasteiger partial charge on any atom is 0.407 e. The number of urea groups is 1. The molecule has 0 aliphatic carbocycles. The quantitative estimate of drug-likeness (QED) is 0.213. The number of hydrogen-bond acceptors (Lipinski definition) is 8. The average Bonchev–Trinajstić information content (AvgIpc) is 3.59. The Morgan fingerprint density at radius 2 is 1.61 bits per heavy atom. The highest BCUT2D eigenvalue weighted by atomic mass is 32.1. The van der Waals surface area contributed by atoms with E-state index in [4.69, 9.17) is 9.47 Å². The molecule has 4 rings (SSSR count). The number of ketones is 1. The molecule has 3 atom stereocenters. The van der Waals surface area contributed by atoms with Gasteiger partial charge in [-0.2, -0.15) is 0 Å². The standard InChI is InChI=1S/C35H47N5O5S/c1-39(2)34(42)38-32(15-16-40-17-19-44-20-18-40)33(41)23-29(21-27-9-5-3-6-10-27)13-14-30(22-28-11-7-4-8-12-28)37-35(43)45-25-31-24-36-26-46-31/h3-12,24,26,29-30,32H,13-23,25H2,1-2H3,(H,37,43)(H,38,42)/t29-,30-,32+/m1/s1. The number of amides is 3. The van der Waals surface area contributed by atoms with Crippen LogP contribution in [0.2, 0.25) is 0 Å². The van der Waals surface area contributed by atoms with Gasteiger partial charge in [0.1, 0.15) is 6.61 Å². The van der Waals surface area contributed by atoms with Crippen molar-refractivity contribution in [2.45, 2.75) is 57.2 Å². The number of hydrogen-bond donors (Lipinski definition) is 2. The van der Waals surface area contributed by atoms with Crippen LogP contribution in [-0.4, -0.2) is 91.7 Å². The smallest absolute Gasteiger partial charge is 0.407 e. The molecular weight excluding hydrogens is 602 g/mol. The van der Waals surface area contributed by atoms with Crippen molar-refractivity contribution < 1.29 is 23.9 Å². The summed E-state index contributed by atoms with van der Waals surface area (Å²) in [6, 6.07) is 19.2. The van der Waals surface area contributed by atoms with Crippen LogP contribution in [0.3, 0.4) is 0 Å². The minimum atomic E-state index is -0.587. The number of Topliss-reactive ketones (excluding diaryl/α,β-unsaturated/α-hetero) is 1. The Morgan fingerprint density at radius 1 is 0.935 bits per heavy atom. The van der Waals surface area contributed by atoms with Crippen molar-refractivity contribution >= 4 is 29.2 Å². The molecule has 2 heterocycles. The summed E-state index contributed by atoms with van der Waals surface area (Å²) in [4.78, 5) is 48.1. The van der Waals surface area contributed by atoms with E-state index in [0.29, 0.717) is 51.9 Å². The Bertz CT molecular complexity index is 1320. The Labute approximate surface area is 276 Å². The summed E-state index contributed by atoms with van der Waals surface area (Å²) in [6.07, 6.45) is 4.83. The number of ether oxygens (including phenoxy) is 2. The molecule has 248 valence electrons. The van der Waals surface area contributed by atoms with Gasteiger partial charge in [0, 0.05) is 52.4 Å². The van der Waals surface area contributed by atoms with Crippen LogP contribution in [0.4, 0.5) is 9.59 Å². The molecule has 0 spiro atoms. The van der Waals surface area contributed by atoms with E-state index < -0.39 is 12.1 Å². The maximum atomic E-state index is 13.9. The third-order valence-electron chi connectivity index (χ3n) is 8.19. The zero-order chi connectivity index (χ0) is 32.6. The lowest BCUT2D eigenvalue weighted by Gasteiger charge is -2.29. The molecule has 1 aliphatic heterocycles. The summed E-state index contributed by atoms with van der Waals surface area (Å²) < 4.78 is 11.0. The topological polar surface area (TPSA) is 113 Å². The number of thiazole rings is 1. The minimum Gasteiger partial charge on any atom is -0.444 e. The van der Waals surface area contributed by atoms with Gasteiger partial charge in [0.2, 0.25) is 0 Å². The van der Waals surface area contributed by atoms with Crippen molar-refractivity contribution in [2.24, 2.45) is 5.92 Å². The Morgan fingerprint density at radius 3 is 2.24 bits per heavy atom. The van der Waals surface area contributed by atoms with Crippen LogP contribution in [-0.2, 0) is 33.7 Å². The summed E-state index contributed by atoms with van der Waals surface area (Å²) in [7, 11) is 3.36. The summed E-state index contributed by atoms with van der Waals surface area (Å²) >= 11 is 1.44. The first-order valence-corrected chi connectivity index (χ1v) is 16.9. The van der Waals surface area contributed by atoms with Gasteiger partial charge in [-0.1, -0.05) is 60.7 Å². The molecule has 2 N–H and O–H groups in total. The first kappa shape index (κ1) is 35.1. The van der Waals surface area contributed by atoms with Gasteiger partial charge >= 0.3 is 12.1 Å². The summed E-state index contributed by atoms with van der Waals surface area (Å²) in [5.41, 5.74) is 3.97. The van der Waals surface area contributed by atoms with Crippen molar-refractivity contribution in [2.75, 3.05) is 46.9 Å². The molecule has 3 amide bonds. The van der Waals surface area contributed by atoms with Crippen LogP contribution in [0, 0.1) is 5.92 Å². The van der Waals surface area contributed by atoms with Crippen LogP contribution in [0.1, 0.15) is 41.7 Å². The van der Waals surface area contributed by atoms with Gasteiger partial charge in [-0.15, -0.1) is 11.3 Å². The monoisotopic (exact) mass is 649 g/mol. The van der Waals surface area contributed by atoms with Crippen LogP contribution in [0.25, 0.3) is 0 Å². The van der Waals surface area contributed by atoms with Gasteiger partial charge in [0.15, 0.2) is 5.78 Å². The fourth-order valence-corrected chi connectivity index (χ4v) is 6.10. The van der Waals surface area contributed by atoms with Crippen LogP contribution >= 0.6 is 11.3 Å². The molecule has 46 heavy (non-hydrogen) atoms. The number of alkyl carbamates (subject to hydrolysis) is 1. The number of nitrogens with zero attached hydrogens (tertiary/aromatic N) is 3. The molecular formula is C35H47N5O5S. The molecule has 0 bridgehead atoms. The van der Waals surface area contributed by atoms with Gasteiger partial charge in [-0.3, -0.25) is 14.7 Å². The van der Waals surface area contributed by atoms with E-state index in [-0.39, 0.29) is 30.4 Å². The molecule has 1 saturated heterocycles. The predicted molar refractivity (Wildman–Crippen MR) is 180 cm³/mol. The molecule has 1 aromatic heterocycles. The second-order valence-electron chi connectivity index (χ2n) is 12.0. The predicted octanol–water partition coefficient (Wildman–Crippen LogP) is 4.94. The average molecular weight is 650 g/mol. The fourth-order valence-electron chi connectivity index (χ4n) is 5.60. The van der Waals surface area contributed by atoms with E-state index >= 15 is 0 Å². The van der Waals surface area contributed by atoms with E-state index in [1.165, 1.54) is 16.2 Å². The number of carbonyl (C=O) groups is 3. The van der Waals surface area contributed by atoms with Gasteiger partial charge < -0.3 is 25.0 Å². The van der Waals surface area contributed by atoms with Crippen molar-refractivity contribution in [1.29, 1.82) is 0 Å². The summed E-state index contributed by atoms with van der Waals surface area (Å²) in [6.45, 7) is 3.88. The van der Waals surface area contributed by atoms with E-state index in [2.05, 4.69) is 44.8 Å². The van der Waals surface area contributed by atoms with E-state index in [0.717, 1.165) is 35.5 Å². The van der Waals surface area contributed by atoms with E-state index in [1.54, 1.807) is 25.8 Å². The molecule has 0 saturated carbocycles. The van der Waals surface area contributed by atoms with Crippen LogP contribution < -0.4 is 10.6 Å². The van der Waals surface area contributed by atoms with Crippen molar-refractivity contribution in [1.82, 2.24) is 25.4 Å². The first-order valence-electron chi connectivity index (χ1n) is 16.0. The van der Waals surface area contributed by atoms with E-state index in [9.17, 15) is 14.4 Å². The normalized spacial score (nSPS) is 15.3. The molecule has 1 fully saturated rings. The maximum absolute atomic E-state index is 13.9. The van der Waals surface area contributed by atoms with Gasteiger partial charge in [0.25, 0.3) is 0 Å². The van der Waals surface area contributed by atoms with Gasteiger partial charge in [-0.25, -0.2) is 9.59 Å². The lowest BCUT2D eigenvalue weighted by Crippen LogP contribution is -2.48. The second-order valence-corrected chi connectivity index (χ2v) is 13.0. The minimum absolute atomic E-state index is 0.0188. The van der Waals surface area contributed by atoms with Crippen LogP contribution in [0.5, 0.6) is 0 Å². The number of aromatic nitrogens is 1. The zero-order valence-corrected chi connectivity index (χ0v) is 27.8. The number of carbonyl (C=O) groups excluding carboxylic acids is 3. The molecule has 2 aromatic carbocycles. The lowest BCUT2D eigenvalue weighted by molar-refractivity contribution is -0.122. The Balaban J connectivity index is 1.44. The zero-order valence-electron chi connectivity index (χ0n) is 26.9. The Hall–Kier alpha value is -3.80. The van der Waals surface area contributed by atoms with Crippen molar-refractivity contribution in [3.05, 3.63) is 88.4 Å². The molecule has 10 nitrogen and oxygen atoms in total.